The van der Waals surface area contributed by atoms with Gasteiger partial charge in [-0.25, -0.2) is 0 Å². The van der Waals surface area contributed by atoms with E-state index < -0.39 is 0 Å². The van der Waals surface area contributed by atoms with Crippen molar-refractivity contribution < 1.29 is 4.79 Å². The van der Waals surface area contributed by atoms with Gasteiger partial charge in [-0.15, -0.1) is 0 Å². The van der Waals surface area contributed by atoms with Crippen molar-refractivity contribution in [3.05, 3.63) is 35.9 Å². The van der Waals surface area contributed by atoms with E-state index in [1.54, 1.807) is 0 Å². The third-order valence-electron chi connectivity index (χ3n) is 5.62. The molecule has 0 radical (unpaired) electrons. The van der Waals surface area contributed by atoms with Gasteiger partial charge in [-0.3, -0.25) is 20.5 Å². The number of piperidine rings is 1. The number of hydrazine groups is 1. The fraction of sp³-hybridized carbons (Fsp3) is 0.650. The van der Waals surface area contributed by atoms with Crippen LogP contribution in [0.1, 0.15) is 31.2 Å². The number of carbonyl (C=O) groups excluding carboxylic acids is 1. The van der Waals surface area contributed by atoms with Crippen LogP contribution in [0.15, 0.2) is 30.3 Å². The van der Waals surface area contributed by atoms with Gasteiger partial charge >= 0.3 is 0 Å². The van der Waals surface area contributed by atoms with E-state index in [-0.39, 0.29) is 0 Å². The van der Waals surface area contributed by atoms with E-state index in [1.165, 1.54) is 5.56 Å². The van der Waals surface area contributed by atoms with E-state index in [1.807, 2.05) is 11.9 Å². The van der Waals surface area contributed by atoms with Crippen LogP contribution in [0.4, 0.5) is 0 Å². The summed E-state index contributed by atoms with van der Waals surface area (Å²) in [5.74, 6) is 1.52. The van der Waals surface area contributed by atoms with Gasteiger partial charge in [-0.2, -0.15) is 0 Å². The lowest BCUT2D eigenvalue weighted by atomic mass is 9.92. The van der Waals surface area contributed by atoms with E-state index in [0.717, 1.165) is 65.0 Å². The second-order valence-corrected chi connectivity index (χ2v) is 7.64. The molecule has 5 nitrogen and oxygen atoms in total. The summed E-state index contributed by atoms with van der Waals surface area (Å²) in [5, 5.41) is 0. The maximum Gasteiger partial charge on any atom is 0.222 e. The Bertz CT molecular complexity index is 522. The minimum Gasteiger partial charge on any atom is -0.346 e. The lowest BCUT2D eigenvalue weighted by Gasteiger charge is -2.32. The van der Waals surface area contributed by atoms with E-state index >= 15 is 0 Å². The Morgan fingerprint density at radius 1 is 1.12 bits per heavy atom. The van der Waals surface area contributed by atoms with E-state index in [4.69, 9.17) is 0 Å². The molecule has 0 unspecified atom stereocenters. The Kier molecular flexibility index (Phi) is 6.84. The van der Waals surface area contributed by atoms with Crippen LogP contribution in [0.3, 0.4) is 0 Å². The first-order valence-corrected chi connectivity index (χ1v) is 9.66. The summed E-state index contributed by atoms with van der Waals surface area (Å²) in [6, 6.07) is 10.7. The van der Waals surface area contributed by atoms with Crippen LogP contribution in [-0.4, -0.2) is 55.5 Å². The van der Waals surface area contributed by atoms with Crippen molar-refractivity contribution in [2.24, 2.45) is 11.8 Å². The predicted octanol–water partition coefficient (Wildman–Crippen LogP) is 1.86. The summed E-state index contributed by atoms with van der Waals surface area (Å²) in [6.45, 7) is 6.15. The lowest BCUT2D eigenvalue weighted by Crippen LogP contribution is -2.36. The smallest absolute Gasteiger partial charge is 0.222 e. The van der Waals surface area contributed by atoms with Crippen molar-refractivity contribution in [2.45, 2.75) is 32.2 Å². The number of hydrogen-bond acceptors (Lipinski definition) is 4. The average molecular weight is 345 g/mol. The first-order chi connectivity index (χ1) is 12.2. The summed E-state index contributed by atoms with van der Waals surface area (Å²) in [7, 11) is 1.96. The molecule has 0 aromatic heterocycles. The molecule has 1 amide bonds. The van der Waals surface area contributed by atoms with Gasteiger partial charge in [0.1, 0.15) is 0 Å². The zero-order valence-electron chi connectivity index (χ0n) is 15.4. The number of benzene rings is 1. The lowest BCUT2D eigenvalue weighted by molar-refractivity contribution is -0.131. The molecular formula is C20H32N4O. The van der Waals surface area contributed by atoms with Crippen LogP contribution in [0.5, 0.6) is 0 Å². The predicted molar refractivity (Wildman–Crippen MR) is 101 cm³/mol. The fourth-order valence-corrected chi connectivity index (χ4v) is 3.80. The highest BCUT2D eigenvalue weighted by Gasteiger charge is 2.23. The summed E-state index contributed by atoms with van der Waals surface area (Å²) in [4.78, 5) is 16.9. The molecule has 1 aromatic rings. The van der Waals surface area contributed by atoms with Crippen LogP contribution in [0.25, 0.3) is 0 Å². The van der Waals surface area contributed by atoms with Gasteiger partial charge in [0.25, 0.3) is 0 Å². The average Bonchev–Trinajstić information content (AvgIpc) is 3.16. The molecule has 2 aliphatic rings. The van der Waals surface area contributed by atoms with Gasteiger partial charge in [-0.05, 0) is 49.8 Å². The number of carbonyl (C=O) groups is 1. The molecule has 0 atom stereocenters. The maximum atomic E-state index is 12.5. The minimum absolute atomic E-state index is 0.320. The summed E-state index contributed by atoms with van der Waals surface area (Å²) in [5.41, 5.74) is 7.69. The summed E-state index contributed by atoms with van der Waals surface area (Å²) < 4.78 is 0. The molecule has 25 heavy (non-hydrogen) atoms. The third kappa shape index (κ3) is 5.80. The van der Waals surface area contributed by atoms with Gasteiger partial charge < -0.3 is 4.90 Å². The van der Waals surface area contributed by atoms with Gasteiger partial charge in [0.05, 0.1) is 0 Å². The van der Waals surface area contributed by atoms with Gasteiger partial charge in [0, 0.05) is 39.6 Å². The Balaban J connectivity index is 1.34. The first kappa shape index (κ1) is 18.4. The van der Waals surface area contributed by atoms with E-state index in [9.17, 15) is 4.79 Å². The molecule has 2 aliphatic heterocycles. The topological polar surface area (TPSA) is 47.6 Å². The number of rotatable bonds is 7. The standard InChI is InChI=1S/C20H32N4O/c1-23(10-7-19-14-21-22-15-19)20(25)13-17-8-11-24(12-9-17)16-18-5-3-2-4-6-18/h2-6,17,19,21-22H,7-16H2,1H3. The molecule has 0 saturated carbocycles. The zero-order valence-corrected chi connectivity index (χ0v) is 15.4. The van der Waals surface area contributed by atoms with Crippen molar-refractivity contribution in [1.29, 1.82) is 0 Å². The molecule has 2 N–H and O–H groups in total. The van der Waals surface area contributed by atoms with Crippen molar-refractivity contribution in [3.63, 3.8) is 0 Å². The van der Waals surface area contributed by atoms with Crippen LogP contribution in [0, 0.1) is 11.8 Å². The molecule has 3 rings (SSSR count). The second kappa shape index (κ2) is 9.32. The van der Waals surface area contributed by atoms with Crippen LogP contribution in [-0.2, 0) is 11.3 Å². The quantitative estimate of drug-likeness (QED) is 0.793. The Morgan fingerprint density at radius 3 is 2.48 bits per heavy atom. The second-order valence-electron chi connectivity index (χ2n) is 7.64. The Labute approximate surface area is 151 Å². The molecule has 0 aliphatic carbocycles. The maximum absolute atomic E-state index is 12.5. The Morgan fingerprint density at radius 2 is 1.80 bits per heavy atom. The third-order valence-corrected chi connectivity index (χ3v) is 5.62. The highest BCUT2D eigenvalue weighted by Crippen LogP contribution is 2.22. The molecule has 2 fully saturated rings. The summed E-state index contributed by atoms with van der Waals surface area (Å²) >= 11 is 0. The molecule has 1 aromatic carbocycles. The zero-order chi connectivity index (χ0) is 17.5. The normalized spacial score (nSPS) is 20.0. The van der Waals surface area contributed by atoms with Gasteiger partial charge in [0.2, 0.25) is 5.91 Å². The van der Waals surface area contributed by atoms with Crippen LogP contribution < -0.4 is 10.9 Å². The number of hydrogen-bond donors (Lipinski definition) is 2. The largest absolute Gasteiger partial charge is 0.346 e. The first-order valence-electron chi connectivity index (χ1n) is 9.66. The molecule has 0 spiro atoms. The number of likely N-dealkylation sites (tertiary alicyclic amines) is 1. The van der Waals surface area contributed by atoms with Crippen LogP contribution in [0.2, 0.25) is 0 Å². The molecule has 138 valence electrons. The number of nitrogens with one attached hydrogen (secondary N) is 2. The van der Waals surface area contributed by atoms with Crippen LogP contribution >= 0.6 is 0 Å². The molecular weight excluding hydrogens is 312 g/mol. The molecule has 2 heterocycles. The van der Waals surface area contributed by atoms with E-state index in [0.29, 0.717) is 17.7 Å². The fourth-order valence-electron chi connectivity index (χ4n) is 3.80. The van der Waals surface area contributed by atoms with Gasteiger partial charge in [-0.1, -0.05) is 30.3 Å². The minimum atomic E-state index is 0.320. The van der Waals surface area contributed by atoms with Crippen molar-refractivity contribution >= 4 is 5.91 Å². The molecule has 0 bridgehead atoms. The monoisotopic (exact) mass is 344 g/mol. The van der Waals surface area contributed by atoms with E-state index in [2.05, 4.69) is 46.1 Å². The SMILES string of the molecule is CN(CCC1CNNC1)C(=O)CC1CCN(Cc2ccccc2)CC1. The molecule has 5 heteroatoms. The number of nitrogens with zero attached hydrogens (tertiary/aromatic N) is 2. The summed E-state index contributed by atoms with van der Waals surface area (Å²) in [6.07, 6.45) is 4.08. The molecule has 2 saturated heterocycles. The Hall–Kier alpha value is -1.43. The van der Waals surface area contributed by atoms with Crippen molar-refractivity contribution in [1.82, 2.24) is 20.7 Å². The highest BCUT2D eigenvalue weighted by molar-refractivity contribution is 5.76. The highest BCUT2D eigenvalue weighted by atomic mass is 16.2. The van der Waals surface area contributed by atoms with Crippen molar-refractivity contribution in [3.8, 4) is 0 Å². The van der Waals surface area contributed by atoms with Gasteiger partial charge in [0.15, 0.2) is 0 Å². The number of amides is 1. The van der Waals surface area contributed by atoms with Crippen molar-refractivity contribution in [2.75, 3.05) is 39.8 Å².